The van der Waals surface area contributed by atoms with Crippen molar-refractivity contribution in [1.82, 2.24) is 4.31 Å². The summed E-state index contributed by atoms with van der Waals surface area (Å²) in [6.45, 7) is 0.951. The Balaban J connectivity index is 1.48. The van der Waals surface area contributed by atoms with Crippen molar-refractivity contribution in [2.24, 2.45) is 0 Å². The van der Waals surface area contributed by atoms with Gasteiger partial charge in [0.15, 0.2) is 0 Å². The number of rotatable bonds is 6. The largest absolute Gasteiger partial charge is 0.322 e. The van der Waals surface area contributed by atoms with Crippen LogP contribution in [0.5, 0.6) is 0 Å². The molecule has 1 fully saturated rings. The van der Waals surface area contributed by atoms with E-state index in [1.807, 2.05) is 0 Å². The Morgan fingerprint density at radius 2 is 1.29 bits per heavy atom. The van der Waals surface area contributed by atoms with E-state index >= 15 is 0 Å². The van der Waals surface area contributed by atoms with E-state index in [9.17, 15) is 22.4 Å². The first-order chi connectivity index (χ1) is 16.3. The second kappa shape index (κ2) is 10.1. The third-order valence-corrected chi connectivity index (χ3v) is 7.41. The van der Waals surface area contributed by atoms with Gasteiger partial charge in [0.25, 0.3) is 11.8 Å². The van der Waals surface area contributed by atoms with Crippen LogP contribution in [0, 0.1) is 5.82 Å². The fourth-order valence-corrected chi connectivity index (χ4v) is 5.33. The lowest BCUT2D eigenvalue weighted by molar-refractivity contribution is 0.101. The van der Waals surface area contributed by atoms with Crippen LogP contribution in [-0.4, -0.2) is 37.6 Å². The molecule has 1 heterocycles. The van der Waals surface area contributed by atoms with Crippen molar-refractivity contribution in [3.05, 3.63) is 89.7 Å². The molecule has 7 nitrogen and oxygen atoms in total. The van der Waals surface area contributed by atoms with Crippen LogP contribution in [0.25, 0.3) is 0 Å². The molecule has 3 aromatic carbocycles. The SMILES string of the molecule is O=C(Nc1cccc(F)c1)c1cccc(NC(=O)c2cccc(S(=O)(=O)N3CCCCC3)c2)c1. The average Bonchev–Trinajstić information content (AvgIpc) is 2.85. The summed E-state index contributed by atoms with van der Waals surface area (Å²) in [5.41, 5.74) is 1.13. The number of halogens is 1. The smallest absolute Gasteiger partial charge is 0.255 e. The van der Waals surface area contributed by atoms with Crippen LogP contribution in [0.15, 0.2) is 77.7 Å². The van der Waals surface area contributed by atoms with Crippen molar-refractivity contribution in [3.63, 3.8) is 0 Å². The highest BCUT2D eigenvalue weighted by Crippen LogP contribution is 2.22. The first kappa shape index (κ1) is 23.6. The summed E-state index contributed by atoms with van der Waals surface area (Å²) in [4.78, 5) is 25.4. The number of carbonyl (C=O) groups excluding carboxylic acids is 2. The summed E-state index contributed by atoms with van der Waals surface area (Å²) in [5.74, 6) is -1.43. The fraction of sp³-hybridized carbons (Fsp3) is 0.200. The Morgan fingerprint density at radius 1 is 0.735 bits per heavy atom. The third-order valence-electron chi connectivity index (χ3n) is 5.51. The van der Waals surface area contributed by atoms with Crippen molar-refractivity contribution >= 4 is 33.2 Å². The van der Waals surface area contributed by atoms with Crippen molar-refractivity contribution in [2.45, 2.75) is 24.2 Å². The number of piperidine rings is 1. The molecule has 0 aromatic heterocycles. The second-order valence-corrected chi connectivity index (χ2v) is 9.93. The molecule has 176 valence electrons. The molecule has 0 spiro atoms. The zero-order chi connectivity index (χ0) is 24.1. The molecule has 1 saturated heterocycles. The van der Waals surface area contributed by atoms with Gasteiger partial charge in [-0.05, 0) is 67.4 Å². The molecule has 0 unspecified atom stereocenters. The minimum Gasteiger partial charge on any atom is -0.322 e. The summed E-state index contributed by atoms with van der Waals surface area (Å²) in [5, 5.41) is 5.30. The summed E-state index contributed by atoms with van der Waals surface area (Å²) < 4.78 is 40.7. The highest BCUT2D eigenvalue weighted by molar-refractivity contribution is 7.89. The molecule has 2 amide bonds. The van der Waals surface area contributed by atoms with Gasteiger partial charge in [-0.3, -0.25) is 9.59 Å². The van der Waals surface area contributed by atoms with Crippen LogP contribution in [0.1, 0.15) is 40.0 Å². The molecule has 0 aliphatic carbocycles. The molecule has 2 N–H and O–H groups in total. The van der Waals surface area contributed by atoms with Crippen molar-refractivity contribution < 1.29 is 22.4 Å². The van der Waals surface area contributed by atoms with E-state index < -0.39 is 27.7 Å². The van der Waals surface area contributed by atoms with E-state index in [1.54, 1.807) is 24.3 Å². The molecular weight excluding hydrogens is 457 g/mol. The number of nitrogens with zero attached hydrogens (tertiary/aromatic N) is 1. The monoisotopic (exact) mass is 481 g/mol. The Kier molecular flexibility index (Phi) is 7.04. The highest BCUT2D eigenvalue weighted by atomic mass is 32.2. The summed E-state index contributed by atoms with van der Waals surface area (Å²) in [6.07, 6.45) is 2.65. The zero-order valence-corrected chi connectivity index (χ0v) is 19.1. The second-order valence-electron chi connectivity index (χ2n) is 7.99. The van der Waals surface area contributed by atoms with Crippen LogP contribution >= 0.6 is 0 Å². The third kappa shape index (κ3) is 5.49. The highest BCUT2D eigenvalue weighted by Gasteiger charge is 2.26. The summed E-state index contributed by atoms with van der Waals surface area (Å²) in [6, 6.07) is 17.7. The van der Waals surface area contributed by atoms with Gasteiger partial charge in [0.2, 0.25) is 10.0 Å². The van der Waals surface area contributed by atoms with Crippen LogP contribution in [0.3, 0.4) is 0 Å². The molecular formula is C25H24FN3O4S. The van der Waals surface area contributed by atoms with E-state index in [4.69, 9.17) is 0 Å². The topological polar surface area (TPSA) is 95.6 Å². The molecule has 0 bridgehead atoms. The van der Waals surface area contributed by atoms with Gasteiger partial charge in [-0.25, -0.2) is 12.8 Å². The number of carbonyl (C=O) groups is 2. The van der Waals surface area contributed by atoms with Crippen molar-refractivity contribution in [3.8, 4) is 0 Å². The number of nitrogens with one attached hydrogen (secondary N) is 2. The Bertz CT molecular complexity index is 1320. The standard InChI is InChI=1S/C25H24FN3O4S/c26-20-9-6-11-22(17-20)28-24(30)18-7-4-10-21(15-18)27-25(31)19-8-5-12-23(16-19)34(32,33)29-13-2-1-3-14-29/h4-12,15-17H,1-3,13-14H2,(H,27,31)(H,28,30). The van der Waals surface area contributed by atoms with Crippen LogP contribution in [-0.2, 0) is 10.0 Å². The molecule has 9 heteroatoms. The molecule has 1 aliphatic heterocycles. The zero-order valence-electron chi connectivity index (χ0n) is 18.3. The molecule has 34 heavy (non-hydrogen) atoms. The normalized spacial score (nSPS) is 14.4. The number of hydrogen-bond acceptors (Lipinski definition) is 4. The van der Waals surface area contributed by atoms with E-state index in [1.165, 1.54) is 52.8 Å². The first-order valence-electron chi connectivity index (χ1n) is 10.9. The fourth-order valence-electron chi connectivity index (χ4n) is 3.76. The maximum Gasteiger partial charge on any atom is 0.255 e. The maximum absolute atomic E-state index is 13.4. The van der Waals surface area contributed by atoms with Crippen LogP contribution in [0.2, 0.25) is 0 Å². The number of sulfonamides is 1. The minimum atomic E-state index is -3.67. The predicted octanol–water partition coefficient (Wildman–Crippen LogP) is 4.50. The number of hydrogen-bond donors (Lipinski definition) is 2. The molecule has 0 atom stereocenters. The molecule has 0 radical (unpaired) electrons. The lowest BCUT2D eigenvalue weighted by Gasteiger charge is -2.26. The molecule has 1 aliphatic rings. The van der Waals surface area contributed by atoms with E-state index in [2.05, 4.69) is 10.6 Å². The van der Waals surface area contributed by atoms with Crippen LogP contribution < -0.4 is 10.6 Å². The molecule has 3 aromatic rings. The molecule has 0 saturated carbocycles. The maximum atomic E-state index is 13.4. The van der Waals surface area contributed by atoms with Gasteiger partial charge in [0, 0.05) is 35.6 Å². The number of benzene rings is 3. The quantitative estimate of drug-likeness (QED) is 0.542. The van der Waals surface area contributed by atoms with Crippen LogP contribution in [0.4, 0.5) is 15.8 Å². The average molecular weight is 482 g/mol. The van der Waals surface area contributed by atoms with Crippen molar-refractivity contribution in [2.75, 3.05) is 23.7 Å². The first-order valence-corrected chi connectivity index (χ1v) is 12.4. The van der Waals surface area contributed by atoms with E-state index in [-0.39, 0.29) is 16.0 Å². The predicted molar refractivity (Wildman–Crippen MR) is 128 cm³/mol. The van der Waals surface area contributed by atoms with Gasteiger partial charge in [-0.2, -0.15) is 4.31 Å². The molecule has 4 rings (SSSR count). The van der Waals surface area contributed by atoms with E-state index in [0.717, 1.165) is 19.3 Å². The Morgan fingerprint density at radius 3 is 1.94 bits per heavy atom. The van der Waals surface area contributed by atoms with Gasteiger partial charge in [0.1, 0.15) is 5.82 Å². The summed E-state index contributed by atoms with van der Waals surface area (Å²) >= 11 is 0. The summed E-state index contributed by atoms with van der Waals surface area (Å²) in [7, 11) is -3.67. The number of amides is 2. The van der Waals surface area contributed by atoms with Gasteiger partial charge in [-0.15, -0.1) is 0 Å². The Hall–Kier alpha value is -3.56. The van der Waals surface area contributed by atoms with Gasteiger partial charge in [-0.1, -0.05) is 24.6 Å². The van der Waals surface area contributed by atoms with Gasteiger partial charge in [0.05, 0.1) is 4.90 Å². The Labute approximate surface area is 197 Å². The van der Waals surface area contributed by atoms with E-state index in [0.29, 0.717) is 24.5 Å². The van der Waals surface area contributed by atoms with Crippen molar-refractivity contribution in [1.29, 1.82) is 0 Å². The number of anilines is 2. The minimum absolute atomic E-state index is 0.0743. The lowest BCUT2D eigenvalue weighted by Crippen LogP contribution is -2.35. The van der Waals surface area contributed by atoms with Gasteiger partial charge >= 0.3 is 0 Å². The van der Waals surface area contributed by atoms with Gasteiger partial charge < -0.3 is 10.6 Å². The lowest BCUT2D eigenvalue weighted by atomic mass is 10.1.